The summed E-state index contributed by atoms with van der Waals surface area (Å²) in [7, 11) is 0. The van der Waals surface area contributed by atoms with Crippen LogP contribution in [0.2, 0.25) is 0 Å². The molecule has 0 amide bonds. The van der Waals surface area contributed by atoms with Gasteiger partial charge in [0, 0.05) is 18.0 Å². The minimum Gasteiger partial charge on any atom is -0.288 e. The molecule has 1 heterocycles. The van der Waals surface area contributed by atoms with E-state index in [4.69, 9.17) is 11.8 Å². The molecular weight excluding hydrogens is 182 g/mol. The van der Waals surface area contributed by atoms with Gasteiger partial charge < -0.3 is 0 Å². The summed E-state index contributed by atoms with van der Waals surface area (Å²) in [6.45, 7) is 0.938. The second-order valence-electron chi connectivity index (χ2n) is 3.92. The Bertz CT molecular complexity index is 242. The van der Waals surface area contributed by atoms with Gasteiger partial charge in [0.25, 0.3) is 0 Å². The van der Waals surface area contributed by atoms with Gasteiger partial charge in [-0.2, -0.15) is 0 Å². The highest BCUT2D eigenvalue weighted by molar-refractivity contribution is 6.14. The Balaban J connectivity index is 2.12. The lowest BCUT2D eigenvalue weighted by Crippen LogP contribution is -2.15. The molecule has 13 heavy (non-hydrogen) atoms. The third-order valence-corrected chi connectivity index (χ3v) is 3.14. The van der Waals surface area contributed by atoms with Crippen molar-refractivity contribution in [2.24, 2.45) is 0 Å². The Hall–Kier alpha value is -0.430. The second-order valence-corrected chi connectivity index (χ2v) is 4.35. The molecule has 0 N–H and O–H groups in total. The van der Waals surface area contributed by atoms with Crippen molar-refractivity contribution in [3.05, 3.63) is 23.4 Å². The molecule has 2 aliphatic rings. The van der Waals surface area contributed by atoms with Crippen LogP contribution in [0, 0.1) is 0 Å². The second kappa shape index (κ2) is 4.19. The number of allylic oxidation sites excluding steroid dienone is 2. The third-order valence-electron chi connectivity index (χ3n) is 2.91. The van der Waals surface area contributed by atoms with E-state index in [0.717, 1.165) is 6.54 Å². The molecule has 72 valence electrons. The van der Waals surface area contributed by atoms with Crippen molar-refractivity contribution in [1.82, 2.24) is 4.42 Å². The van der Waals surface area contributed by atoms with Crippen LogP contribution < -0.4 is 0 Å². The molecule has 0 bridgehead atoms. The highest BCUT2D eigenvalue weighted by Crippen LogP contribution is 2.27. The Morgan fingerprint density at radius 2 is 1.85 bits per heavy atom. The van der Waals surface area contributed by atoms with Crippen molar-refractivity contribution in [2.45, 2.75) is 38.5 Å². The first-order valence-electron chi connectivity index (χ1n) is 5.18. The van der Waals surface area contributed by atoms with Gasteiger partial charge in [-0.15, -0.1) is 0 Å². The normalized spacial score (nSPS) is 23.9. The Kier molecular flexibility index (Phi) is 2.94. The molecule has 2 rings (SSSR count). The summed E-state index contributed by atoms with van der Waals surface area (Å²) in [5.41, 5.74) is 3.12. The van der Waals surface area contributed by atoms with Crippen molar-refractivity contribution in [1.29, 1.82) is 0 Å². The van der Waals surface area contributed by atoms with Crippen molar-refractivity contribution in [3.8, 4) is 0 Å². The Morgan fingerprint density at radius 3 is 2.69 bits per heavy atom. The van der Waals surface area contributed by atoms with Gasteiger partial charge in [-0.1, -0.05) is 12.8 Å². The fourth-order valence-corrected chi connectivity index (χ4v) is 2.33. The molecule has 1 aliphatic carbocycles. The maximum atomic E-state index is 5.94. The van der Waals surface area contributed by atoms with Crippen LogP contribution in [0.1, 0.15) is 38.5 Å². The van der Waals surface area contributed by atoms with Gasteiger partial charge in [0.2, 0.25) is 0 Å². The highest BCUT2D eigenvalue weighted by Gasteiger charge is 2.13. The highest BCUT2D eigenvalue weighted by atomic mass is 35.5. The average Bonchev–Trinajstić information content (AvgIpc) is 2.08. The van der Waals surface area contributed by atoms with Crippen molar-refractivity contribution >= 4 is 11.8 Å². The number of nitrogens with zero attached hydrogens (tertiary/aromatic N) is 1. The zero-order valence-electron chi connectivity index (χ0n) is 7.93. The molecule has 0 aromatic carbocycles. The SMILES string of the molecule is ClN1C=CC2=C(CCCCCC2)C1. The molecule has 0 unspecified atom stereocenters. The molecule has 2 heteroatoms. The van der Waals surface area contributed by atoms with Gasteiger partial charge in [0.05, 0.1) is 6.54 Å². The van der Waals surface area contributed by atoms with Crippen LogP contribution in [0.4, 0.5) is 0 Å². The van der Waals surface area contributed by atoms with E-state index >= 15 is 0 Å². The lowest BCUT2D eigenvalue weighted by atomic mass is 9.92. The van der Waals surface area contributed by atoms with Crippen LogP contribution >= 0.6 is 11.8 Å². The van der Waals surface area contributed by atoms with E-state index in [1.54, 1.807) is 15.6 Å². The summed E-state index contributed by atoms with van der Waals surface area (Å²) in [6.07, 6.45) is 12.2. The number of halogens is 1. The first kappa shape index (κ1) is 9.14. The molecule has 0 fully saturated rings. The summed E-state index contributed by atoms with van der Waals surface area (Å²) in [5, 5.41) is 0. The smallest absolute Gasteiger partial charge is 0.0558 e. The van der Waals surface area contributed by atoms with Crippen LogP contribution in [-0.2, 0) is 0 Å². The molecule has 0 aromatic rings. The van der Waals surface area contributed by atoms with Gasteiger partial charge in [-0.3, -0.25) is 4.42 Å². The molecule has 1 aliphatic heterocycles. The third kappa shape index (κ3) is 2.28. The lowest BCUT2D eigenvalue weighted by molar-refractivity contribution is 0.560. The molecule has 0 spiro atoms. The quantitative estimate of drug-likeness (QED) is 0.537. The van der Waals surface area contributed by atoms with E-state index in [1.807, 2.05) is 6.20 Å². The van der Waals surface area contributed by atoms with Crippen LogP contribution in [0.25, 0.3) is 0 Å². The summed E-state index contributed by atoms with van der Waals surface area (Å²) in [6, 6.07) is 0. The lowest BCUT2D eigenvalue weighted by Gasteiger charge is -2.23. The fourth-order valence-electron chi connectivity index (χ4n) is 2.13. The fraction of sp³-hybridized carbons (Fsp3) is 0.636. The summed E-state index contributed by atoms with van der Waals surface area (Å²) >= 11 is 5.94. The average molecular weight is 198 g/mol. The van der Waals surface area contributed by atoms with E-state index < -0.39 is 0 Å². The summed E-state index contributed by atoms with van der Waals surface area (Å²) in [5.74, 6) is 0. The molecule has 0 aromatic heterocycles. The van der Waals surface area contributed by atoms with Crippen molar-refractivity contribution in [3.63, 3.8) is 0 Å². The van der Waals surface area contributed by atoms with Crippen molar-refractivity contribution < 1.29 is 0 Å². The summed E-state index contributed by atoms with van der Waals surface area (Å²) in [4.78, 5) is 0. The van der Waals surface area contributed by atoms with Crippen LogP contribution in [0.5, 0.6) is 0 Å². The molecule has 1 nitrogen and oxygen atoms in total. The molecule has 0 saturated carbocycles. The monoisotopic (exact) mass is 197 g/mol. The molecule has 0 atom stereocenters. The van der Waals surface area contributed by atoms with E-state index in [0.29, 0.717) is 0 Å². The van der Waals surface area contributed by atoms with Crippen LogP contribution in [-0.4, -0.2) is 11.0 Å². The molecule has 0 radical (unpaired) electrons. The zero-order chi connectivity index (χ0) is 9.10. The van der Waals surface area contributed by atoms with E-state index in [1.165, 1.54) is 38.5 Å². The van der Waals surface area contributed by atoms with Gasteiger partial charge in [0.1, 0.15) is 0 Å². The van der Waals surface area contributed by atoms with Crippen LogP contribution in [0.15, 0.2) is 23.4 Å². The number of hydrogen-bond donors (Lipinski definition) is 0. The predicted octanol–water partition coefficient (Wildman–Crippen LogP) is 3.62. The zero-order valence-corrected chi connectivity index (χ0v) is 8.69. The van der Waals surface area contributed by atoms with E-state index in [-0.39, 0.29) is 0 Å². The van der Waals surface area contributed by atoms with Crippen LogP contribution in [0.3, 0.4) is 0 Å². The Morgan fingerprint density at radius 1 is 1.08 bits per heavy atom. The number of rotatable bonds is 0. The standard InChI is InChI=1S/C11H16ClN/c12-13-8-7-10-5-3-1-2-4-6-11(10)9-13/h7-8H,1-6,9H2. The van der Waals surface area contributed by atoms with Gasteiger partial charge in [-0.05, 0) is 42.9 Å². The minimum absolute atomic E-state index is 0.938. The maximum Gasteiger partial charge on any atom is 0.0558 e. The number of hydrogen-bond acceptors (Lipinski definition) is 1. The summed E-state index contributed by atoms with van der Waals surface area (Å²) < 4.78 is 1.76. The Labute approximate surface area is 85.2 Å². The van der Waals surface area contributed by atoms with Crippen molar-refractivity contribution in [2.75, 3.05) is 6.54 Å². The maximum absolute atomic E-state index is 5.94. The van der Waals surface area contributed by atoms with E-state index in [2.05, 4.69) is 6.08 Å². The van der Waals surface area contributed by atoms with Gasteiger partial charge in [0.15, 0.2) is 0 Å². The van der Waals surface area contributed by atoms with E-state index in [9.17, 15) is 0 Å². The predicted molar refractivity (Wildman–Crippen MR) is 56.4 cm³/mol. The first-order valence-corrected chi connectivity index (χ1v) is 5.51. The topological polar surface area (TPSA) is 3.24 Å². The largest absolute Gasteiger partial charge is 0.288 e. The van der Waals surface area contributed by atoms with Gasteiger partial charge >= 0.3 is 0 Å². The molecule has 0 saturated heterocycles. The van der Waals surface area contributed by atoms with Gasteiger partial charge in [-0.25, -0.2) is 0 Å². The molecular formula is C11H16ClN. The minimum atomic E-state index is 0.938. The first-order chi connectivity index (χ1) is 6.36.